The first-order chi connectivity index (χ1) is 9.88. The van der Waals surface area contributed by atoms with Crippen LogP contribution in [0.25, 0.3) is 0 Å². The van der Waals surface area contributed by atoms with Gasteiger partial charge in [-0.05, 0) is 52.9 Å². The maximum atomic E-state index is 13.2. The van der Waals surface area contributed by atoms with Gasteiger partial charge in [0.2, 0.25) is 0 Å². The molecule has 0 aromatic heterocycles. The van der Waals surface area contributed by atoms with Crippen LogP contribution in [-0.2, 0) is 0 Å². The Labute approximate surface area is 141 Å². The van der Waals surface area contributed by atoms with E-state index in [9.17, 15) is 19.3 Å². The molecule has 0 unspecified atom stereocenters. The number of halogens is 3. The highest BCUT2D eigenvalue weighted by Gasteiger charge is 2.21. The van der Waals surface area contributed by atoms with E-state index in [4.69, 9.17) is 0 Å². The van der Waals surface area contributed by atoms with Crippen molar-refractivity contribution in [1.82, 2.24) is 0 Å². The smallest absolute Gasteiger partial charge is 0.282 e. The van der Waals surface area contributed by atoms with Crippen molar-refractivity contribution in [3.8, 4) is 0 Å². The zero-order chi connectivity index (χ0) is 15.6. The Morgan fingerprint density at radius 2 is 2.00 bits per heavy atom. The lowest BCUT2D eigenvalue weighted by molar-refractivity contribution is -0.385. The maximum absolute atomic E-state index is 13.2. The number of nitro groups is 1. The van der Waals surface area contributed by atoms with Gasteiger partial charge in [0, 0.05) is 14.1 Å². The number of hydrogen-bond donors (Lipinski definition) is 1. The summed E-state index contributed by atoms with van der Waals surface area (Å²) in [6, 6.07) is 7.97. The van der Waals surface area contributed by atoms with Crippen molar-refractivity contribution in [3.05, 3.63) is 65.9 Å². The Kier molecular flexibility index (Phi) is 4.88. The van der Waals surface area contributed by atoms with Gasteiger partial charge in [0.1, 0.15) is 11.4 Å². The van der Waals surface area contributed by atoms with Gasteiger partial charge in [-0.15, -0.1) is 0 Å². The van der Waals surface area contributed by atoms with Gasteiger partial charge in [-0.1, -0.05) is 15.9 Å². The monoisotopic (exact) mass is 464 g/mol. The Morgan fingerprint density at radius 1 is 1.29 bits per heavy atom. The van der Waals surface area contributed by atoms with Crippen molar-refractivity contribution in [2.24, 2.45) is 0 Å². The van der Waals surface area contributed by atoms with Crippen molar-refractivity contribution in [2.75, 3.05) is 5.32 Å². The van der Waals surface area contributed by atoms with Gasteiger partial charge < -0.3 is 5.32 Å². The normalized spacial score (nSPS) is 10.2. The summed E-state index contributed by atoms with van der Waals surface area (Å²) in [6.07, 6.45) is 0. The lowest BCUT2D eigenvalue weighted by Crippen LogP contribution is -2.15. The lowest BCUT2D eigenvalue weighted by atomic mass is 10.1. The molecule has 0 saturated carbocycles. The van der Waals surface area contributed by atoms with Crippen molar-refractivity contribution in [1.29, 1.82) is 0 Å². The molecule has 1 N–H and O–H groups in total. The largest absolute Gasteiger partial charge is 0.321 e. The molecule has 0 atom stereocenters. The van der Waals surface area contributed by atoms with Crippen LogP contribution >= 0.6 is 38.5 Å². The number of anilines is 1. The number of carbonyl (C=O) groups excluding carboxylic acids is 1. The molecule has 0 spiro atoms. The van der Waals surface area contributed by atoms with Gasteiger partial charge in [-0.3, -0.25) is 14.9 Å². The maximum Gasteiger partial charge on any atom is 0.282 e. The standard InChI is InChI=1S/C13H7BrFIN2O3/c14-7-1-4-12(18(20)21)9(5-7)13(19)17-11-6-8(15)2-3-10(11)16/h1-6H,(H,17,19). The van der Waals surface area contributed by atoms with Crippen LogP contribution in [0.3, 0.4) is 0 Å². The van der Waals surface area contributed by atoms with Gasteiger partial charge >= 0.3 is 0 Å². The highest BCUT2D eigenvalue weighted by atomic mass is 127. The van der Waals surface area contributed by atoms with Crippen molar-refractivity contribution < 1.29 is 14.1 Å². The van der Waals surface area contributed by atoms with Gasteiger partial charge in [0.05, 0.1) is 10.6 Å². The second-order valence-corrected chi connectivity index (χ2v) is 6.07. The number of amides is 1. The quantitative estimate of drug-likeness (QED) is 0.417. The molecule has 0 bridgehead atoms. The summed E-state index contributed by atoms with van der Waals surface area (Å²) >= 11 is 5.10. The number of nitro benzene ring substituents is 1. The number of nitrogens with zero attached hydrogens (tertiary/aromatic N) is 1. The van der Waals surface area contributed by atoms with E-state index in [1.54, 1.807) is 0 Å². The zero-order valence-corrected chi connectivity index (χ0v) is 14.0. The lowest BCUT2D eigenvalue weighted by Gasteiger charge is -2.08. The third kappa shape index (κ3) is 3.76. The molecular formula is C13H7BrFIN2O3. The van der Waals surface area contributed by atoms with Gasteiger partial charge in [0.15, 0.2) is 0 Å². The molecule has 0 heterocycles. The third-order valence-corrected chi connectivity index (χ3v) is 4.01. The van der Waals surface area contributed by atoms with Crippen LogP contribution < -0.4 is 5.32 Å². The zero-order valence-electron chi connectivity index (χ0n) is 10.3. The highest BCUT2D eigenvalue weighted by molar-refractivity contribution is 14.1. The molecule has 2 aromatic rings. The van der Waals surface area contributed by atoms with Crippen LogP contribution in [0.5, 0.6) is 0 Å². The summed E-state index contributed by atoms with van der Waals surface area (Å²) < 4.78 is 14.4. The summed E-state index contributed by atoms with van der Waals surface area (Å²) in [5, 5.41) is 13.4. The van der Waals surface area contributed by atoms with Crippen LogP contribution in [-0.4, -0.2) is 10.8 Å². The molecule has 8 heteroatoms. The second-order valence-electron chi connectivity index (χ2n) is 4.00. The fourth-order valence-electron chi connectivity index (χ4n) is 1.63. The summed E-state index contributed by atoms with van der Waals surface area (Å²) in [5.74, 6) is -1.18. The van der Waals surface area contributed by atoms with E-state index in [1.807, 2.05) is 22.6 Å². The fourth-order valence-corrected chi connectivity index (χ4v) is 2.46. The first-order valence-electron chi connectivity index (χ1n) is 5.59. The fraction of sp³-hybridized carbons (Fsp3) is 0. The number of hydrogen-bond acceptors (Lipinski definition) is 3. The van der Waals surface area contributed by atoms with Crippen LogP contribution in [0.15, 0.2) is 40.9 Å². The predicted molar refractivity (Wildman–Crippen MR) is 87.9 cm³/mol. The number of nitrogens with one attached hydrogen (secondary N) is 1. The van der Waals surface area contributed by atoms with Crippen LogP contribution in [0.1, 0.15) is 10.4 Å². The minimum atomic E-state index is -0.675. The molecule has 0 saturated heterocycles. The molecule has 5 nitrogen and oxygen atoms in total. The molecule has 0 aliphatic carbocycles. The third-order valence-electron chi connectivity index (χ3n) is 2.58. The van der Waals surface area contributed by atoms with Gasteiger partial charge in [0.25, 0.3) is 11.6 Å². The Hall–Kier alpha value is -1.55. The Morgan fingerprint density at radius 3 is 2.67 bits per heavy atom. The average Bonchev–Trinajstić information content (AvgIpc) is 2.42. The molecule has 0 aliphatic rings. The summed E-state index contributed by atoms with van der Waals surface area (Å²) in [4.78, 5) is 22.5. The molecule has 0 aliphatic heterocycles. The summed E-state index contributed by atoms with van der Waals surface area (Å²) in [7, 11) is 0. The minimum absolute atomic E-state index is 0.102. The minimum Gasteiger partial charge on any atom is -0.321 e. The molecule has 0 fully saturated rings. The number of benzene rings is 2. The van der Waals surface area contributed by atoms with Gasteiger partial charge in [-0.2, -0.15) is 0 Å². The first kappa shape index (κ1) is 15.8. The summed E-state index contributed by atoms with van der Waals surface area (Å²) in [5.41, 5.74) is -0.161. The first-order valence-corrected chi connectivity index (χ1v) is 7.46. The molecule has 21 heavy (non-hydrogen) atoms. The van der Waals surface area contributed by atoms with E-state index in [0.717, 1.165) is 6.07 Å². The average molecular weight is 465 g/mol. The molecular weight excluding hydrogens is 458 g/mol. The van der Waals surface area contributed by atoms with E-state index in [-0.39, 0.29) is 16.9 Å². The molecule has 2 aromatic carbocycles. The SMILES string of the molecule is O=C(Nc1cc(F)ccc1I)c1cc(Br)ccc1[N+](=O)[O-]. The van der Waals surface area contributed by atoms with Crippen molar-refractivity contribution >= 4 is 55.8 Å². The Bertz CT molecular complexity index is 739. The van der Waals surface area contributed by atoms with E-state index >= 15 is 0 Å². The van der Waals surface area contributed by atoms with Crippen LogP contribution in [0.4, 0.5) is 15.8 Å². The predicted octanol–water partition coefficient (Wildman–Crippen LogP) is 4.35. The van der Waals surface area contributed by atoms with E-state index in [0.29, 0.717) is 8.04 Å². The molecule has 2 rings (SSSR count). The van der Waals surface area contributed by atoms with Crippen LogP contribution in [0.2, 0.25) is 0 Å². The van der Waals surface area contributed by atoms with Crippen molar-refractivity contribution in [3.63, 3.8) is 0 Å². The second kappa shape index (κ2) is 6.48. The number of rotatable bonds is 3. The molecule has 1 amide bonds. The van der Waals surface area contributed by atoms with Gasteiger partial charge in [-0.25, -0.2) is 4.39 Å². The molecule has 0 radical (unpaired) electrons. The van der Waals surface area contributed by atoms with E-state index < -0.39 is 16.6 Å². The summed E-state index contributed by atoms with van der Waals surface area (Å²) in [6.45, 7) is 0. The Balaban J connectivity index is 2.39. The van der Waals surface area contributed by atoms with Crippen LogP contribution in [0, 0.1) is 19.5 Å². The van der Waals surface area contributed by atoms with E-state index in [2.05, 4.69) is 21.2 Å². The topological polar surface area (TPSA) is 72.2 Å². The van der Waals surface area contributed by atoms with E-state index in [1.165, 1.54) is 30.3 Å². The highest BCUT2D eigenvalue weighted by Crippen LogP contribution is 2.25. The number of carbonyl (C=O) groups is 1. The van der Waals surface area contributed by atoms with Crippen molar-refractivity contribution in [2.45, 2.75) is 0 Å². The molecule has 108 valence electrons.